The van der Waals surface area contributed by atoms with Gasteiger partial charge in [0.1, 0.15) is 5.76 Å². The first-order valence-corrected chi connectivity index (χ1v) is 10.8. The highest BCUT2D eigenvalue weighted by molar-refractivity contribution is 7.98. The third kappa shape index (κ3) is 4.15. The van der Waals surface area contributed by atoms with Crippen LogP contribution in [0, 0.1) is 6.92 Å². The van der Waals surface area contributed by atoms with E-state index in [-0.39, 0.29) is 0 Å². The number of aromatic nitrogens is 5. The van der Waals surface area contributed by atoms with Gasteiger partial charge >= 0.3 is 0 Å². The van der Waals surface area contributed by atoms with Gasteiger partial charge in [-0.05, 0) is 30.7 Å². The van der Waals surface area contributed by atoms with E-state index >= 15 is 0 Å². The van der Waals surface area contributed by atoms with Crippen LogP contribution in [0.25, 0.3) is 22.8 Å². The molecule has 0 aliphatic rings. The normalized spacial score (nSPS) is 11.1. The van der Waals surface area contributed by atoms with Crippen LogP contribution >= 0.6 is 11.8 Å². The first-order chi connectivity index (χ1) is 15.3. The van der Waals surface area contributed by atoms with Crippen molar-refractivity contribution in [1.29, 1.82) is 0 Å². The Morgan fingerprint density at radius 3 is 2.45 bits per heavy atom. The molecule has 0 spiro atoms. The van der Waals surface area contributed by atoms with Crippen molar-refractivity contribution >= 4 is 11.8 Å². The summed E-state index contributed by atoms with van der Waals surface area (Å²) in [7, 11) is 0. The number of thioether (sulfide) groups is 1. The van der Waals surface area contributed by atoms with E-state index in [0.717, 1.165) is 33.4 Å². The zero-order valence-corrected chi connectivity index (χ0v) is 17.6. The van der Waals surface area contributed by atoms with Crippen molar-refractivity contribution in [3.8, 4) is 22.8 Å². The lowest BCUT2D eigenvalue weighted by Crippen LogP contribution is -2.04. The Kier molecular flexibility index (Phi) is 5.37. The van der Waals surface area contributed by atoms with E-state index in [1.807, 2.05) is 61.5 Å². The maximum atomic E-state index is 5.49. The molecule has 0 N–H and O–H groups in total. The molecule has 7 nitrogen and oxygen atoms in total. The van der Waals surface area contributed by atoms with Gasteiger partial charge in [0.25, 0.3) is 5.89 Å². The van der Waals surface area contributed by atoms with Crippen LogP contribution in [0.4, 0.5) is 0 Å². The Morgan fingerprint density at radius 1 is 0.935 bits per heavy atom. The van der Waals surface area contributed by atoms with E-state index in [2.05, 4.69) is 37.0 Å². The fraction of sp³-hybridized carbons (Fsp3) is 0.130. The standard InChI is InChI=1S/C23H19N5O2S/c1-16-19(12-13-29-16)21-25-26-23(28(21)14-17-8-4-2-5-9-17)31-15-20-24-22(30-27-20)18-10-6-3-7-11-18/h2-13H,14-15H2,1H3. The van der Waals surface area contributed by atoms with Crippen LogP contribution in [0.3, 0.4) is 0 Å². The van der Waals surface area contributed by atoms with Gasteiger partial charge in [0.2, 0.25) is 0 Å². The average Bonchev–Trinajstić information content (AvgIpc) is 3.54. The Morgan fingerprint density at radius 2 is 1.71 bits per heavy atom. The third-order valence-corrected chi connectivity index (χ3v) is 5.78. The van der Waals surface area contributed by atoms with Crippen molar-refractivity contribution in [3.63, 3.8) is 0 Å². The molecule has 3 heterocycles. The van der Waals surface area contributed by atoms with Gasteiger partial charge in [-0.2, -0.15) is 4.98 Å². The van der Waals surface area contributed by atoms with E-state index in [4.69, 9.17) is 8.94 Å². The number of hydrogen-bond donors (Lipinski definition) is 0. The van der Waals surface area contributed by atoms with Gasteiger partial charge in [-0.3, -0.25) is 4.57 Å². The predicted molar refractivity (Wildman–Crippen MR) is 117 cm³/mol. The van der Waals surface area contributed by atoms with Crippen molar-refractivity contribution in [2.75, 3.05) is 0 Å². The zero-order chi connectivity index (χ0) is 21.0. The monoisotopic (exact) mass is 429 g/mol. The van der Waals surface area contributed by atoms with Crippen LogP contribution in [0.1, 0.15) is 17.1 Å². The van der Waals surface area contributed by atoms with Crippen LogP contribution < -0.4 is 0 Å². The molecule has 0 aliphatic heterocycles. The molecule has 31 heavy (non-hydrogen) atoms. The van der Waals surface area contributed by atoms with Gasteiger partial charge in [0, 0.05) is 5.56 Å². The lowest BCUT2D eigenvalue weighted by molar-refractivity contribution is 0.425. The Bertz CT molecular complexity index is 1280. The van der Waals surface area contributed by atoms with Crippen molar-refractivity contribution in [2.24, 2.45) is 0 Å². The molecular weight excluding hydrogens is 410 g/mol. The zero-order valence-electron chi connectivity index (χ0n) is 16.8. The molecular formula is C23H19N5O2S. The molecule has 0 aliphatic carbocycles. The van der Waals surface area contributed by atoms with Crippen LogP contribution in [0.2, 0.25) is 0 Å². The van der Waals surface area contributed by atoms with Crippen molar-refractivity contribution < 1.29 is 8.94 Å². The van der Waals surface area contributed by atoms with Gasteiger partial charge in [-0.1, -0.05) is 65.4 Å². The predicted octanol–water partition coefficient (Wildman–Crippen LogP) is 5.24. The second kappa shape index (κ2) is 8.61. The summed E-state index contributed by atoms with van der Waals surface area (Å²) in [6, 6.07) is 21.9. The van der Waals surface area contributed by atoms with E-state index in [9.17, 15) is 0 Å². The molecule has 0 radical (unpaired) electrons. The highest BCUT2D eigenvalue weighted by atomic mass is 32.2. The van der Waals surface area contributed by atoms with Crippen LogP contribution in [0.5, 0.6) is 0 Å². The van der Waals surface area contributed by atoms with E-state index in [0.29, 0.717) is 24.0 Å². The van der Waals surface area contributed by atoms with Crippen molar-refractivity contribution in [2.45, 2.75) is 24.4 Å². The Balaban J connectivity index is 1.41. The lowest BCUT2D eigenvalue weighted by Gasteiger charge is -2.09. The maximum Gasteiger partial charge on any atom is 0.257 e. The van der Waals surface area contributed by atoms with E-state index in [1.54, 1.807) is 6.26 Å². The van der Waals surface area contributed by atoms with Gasteiger partial charge < -0.3 is 8.94 Å². The third-order valence-electron chi connectivity index (χ3n) is 4.82. The number of hydrogen-bond acceptors (Lipinski definition) is 7. The molecule has 0 amide bonds. The van der Waals surface area contributed by atoms with Crippen LogP contribution in [-0.4, -0.2) is 24.9 Å². The van der Waals surface area contributed by atoms with Gasteiger partial charge in [-0.15, -0.1) is 10.2 Å². The Hall–Kier alpha value is -3.65. The lowest BCUT2D eigenvalue weighted by atomic mass is 10.2. The molecule has 8 heteroatoms. The fourth-order valence-electron chi connectivity index (χ4n) is 3.26. The number of nitrogens with zero attached hydrogens (tertiary/aromatic N) is 5. The minimum atomic E-state index is 0.511. The number of benzene rings is 2. The second-order valence-electron chi connectivity index (χ2n) is 6.94. The molecule has 2 aromatic carbocycles. The molecule has 3 aromatic heterocycles. The van der Waals surface area contributed by atoms with Crippen molar-refractivity contribution in [3.05, 3.63) is 90.1 Å². The van der Waals surface area contributed by atoms with Gasteiger partial charge in [0.15, 0.2) is 16.8 Å². The number of aryl methyl sites for hydroxylation is 1. The summed E-state index contributed by atoms with van der Waals surface area (Å²) >= 11 is 1.53. The van der Waals surface area contributed by atoms with Gasteiger partial charge in [0.05, 0.1) is 24.1 Å². The number of rotatable bonds is 7. The van der Waals surface area contributed by atoms with Gasteiger partial charge in [-0.25, -0.2) is 0 Å². The highest BCUT2D eigenvalue weighted by Crippen LogP contribution is 2.29. The highest BCUT2D eigenvalue weighted by Gasteiger charge is 2.19. The van der Waals surface area contributed by atoms with Crippen LogP contribution in [0.15, 0.2) is 87.1 Å². The summed E-state index contributed by atoms with van der Waals surface area (Å²) in [5.74, 6) is 3.23. The first-order valence-electron chi connectivity index (χ1n) is 9.80. The second-order valence-corrected chi connectivity index (χ2v) is 7.88. The number of furan rings is 1. The minimum Gasteiger partial charge on any atom is -0.469 e. The largest absolute Gasteiger partial charge is 0.469 e. The smallest absolute Gasteiger partial charge is 0.257 e. The summed E-state index contributed by atoms with van der Waals surface area (Å²) < 4.78 is 13.0. The molecule has 0 saturated heterocycles. The summed E-state index contributed by atoms with van der Waals surface area (Å²) in [6.07, 6.45) is 1.67. The first kappa shape index (κ1) is 19.3. The molecule has 0 saturated carbocycles. The quantitative estimate of drug-likeness (QED) is 0.327. The summed E-state index contributed by atoms with van der Waals surface area (Å²) in [4.78, 5) is 4.51. The fourth-order valence-corrected chi connectivity index (χ4v) is 4.04. The van der Waals surface area contributed by atoms with E-state index in [1.165, 1.54) is 11.8 Å². The molecule has 0 fully saturated rings. The van der Waals surface area contributed by atoms with Crippen molar-refractivity contribution in [1.82, 2.24) is 24.9 Å². The Labute approximate surface area is 183 Å². The van der Waals surface area contributed by atoms with E-state index < -0.39 is 0 Å². The maximum absolute atomic E-state index is 5.49. The summed E-state index contributed by atoms with van der Waals surface area (Å²) in [5, 5.41) is 13.8. The summed E-state index contributed by atoms with van der Waals surface area (Å²) in [6.45, 7) is 2.58. The van der Waals surface area contributed by atoms with Crippen LogP contribution in [-0.2, 0) is 12.3 Å². The SMILES string of the molecule is Cc1occc1-c1nnc(SCc2noc(-c3ccccc3)n2)n1Cc1ccccc1. The average molecular weight is 430 g/mol. The summed E-state index contributed by atoms with van der Waals surface area (Å²) in [5.41, 5.74) is 3.00. The minimum absolute atomic E-state index is 0.511. The molecule has 5 aromatic rings. The molecule has 0 atom stereocenters. The topological polar surface area (TPSA) is 82.8 Å². The molecule has 0 unspecified atom stereocenters. The molecule has 5 rings (SSSR count). The molecule has 154 valence electrons. The molecule has 0 bridgehead atoms.